The van der Waals surface area contributed by atoms with Crippen molar-refractivity contribution < 1.29 is 9.90 Å². The first-order valence-corrected chi connectivity index (χ1v) is 7.12. The van der Waals surface area contributed by atoms with Crippen molar-refractivity contribution in [3.05, 3.63) is 35.9 Å². The van der Waals surface area contributed by atoms with E-state index in [2.05, 4.69) is 11.4 Å². The summed E-state index contributed by atoms with van der Waals surface area (Å²) in [5, 5.41) is 21.9. The van der Waals surface area contributed by atoms with E-state index >= 15 is 0 Å². The number of carbonyl (C=O) groups is 1. The van der Waals surface area contributed by atoms with E-state index in [-0.39, 0.29) is 11.9 Å². The number of rotatable bonds is 4. The van der Waals surface area contributed by atoms with Gasteiger partial charge >= 0.3 is 0 Å². The van der Waals surface area contributed by atoms with Crippen LogP contribution in [0.3, 0.4) is 0 Å². The Bertz CT molecular complexity index is 481. The fraction of sp³-hybridized carbons (Fsp3) is 0.500. The lowest BCUT2D eigenvalue weighted by Crippen LogP contribution is -2.47. The highest BCUT2D eigenvalue weighted by Gasteiger charge is 2.27. The van der Waals surface area contributed by atoms with Crippen molar-refractivity contribution in [2.75, 3.05) is 0 Å². The predicted molar refractivity (Wildman–Crippen MR) is 75.7 cm³/mol. The number of hydrogen-bond donors (Lipinski definition) is 2. The van der Waals surface area contributed by atoms with Crippen LogP contribution < -0.4 is 5.32 Å². The first-order valence-electron chi connectivity index (χ1n) is 7.12. The molecule has 1 fully saturated rings. The Morgan fingerprint density at radius 1 is 1.35 bits per heavy atom. The van der Waals surface area contributed by atoms with Gasteiger partial charge in [0.15, 0.2) is 0 Å². The van der Waals surface area contributed by atoms with Gasteiger partial charge < -0.3 is 10.4 Å². The normalized spacial score (nSPS) is 23.6. The minimum atomic E-state index is -0.702. The number of amides is 1. The van der Waals surface area contributed by atoms with Crippen LogP contribution in [0.4, 0.5) is 0 Å². The smallest absolute Gasteiger partial charge is 0.238 e. The summed E-state index contributed by atoms with van der Waals surface area (Å²) in [6, 6.07) is 11.4. The zero-order valence-electron chi connectivity index (χ0n) is 11.5. The molecule has 0 heterocycles. The van der Waals surface area contributed by atoms with Crippen LogP contribution in [0.25, 0.3) is 0 Å². The molecule has 4 heteroatoms. The second-order valence-corrected chi connectivity index (χ2v) is 5.34. The lowest BCUT2D eigenvalue weighted by molar-refractivity contribution is -0.125. The molecule has 2 N–H and O–H groups in total. The number of hydrogen-bond acceptors (Lipinski definition) is 3. The van der Waals surface area contributed by atoms with Gasteiger partial charge in [-0.1, -0.05) is 43.2 Å². The monoisotopic (exact) mass is 272 g/mol. The molecular formula is C16H20N2O2. The molecule has 1 aliphatic rings. The van der Waals surface area contributed by atoms with Crippen molar-refractivity contribution in [3.8, 4) is 6.07 Å². The first-order chi connectivity index (χ1) is 9.70. The van der Waals surface area contributed by atoms with Gasteiger partial charge in [-0.25, -0.2) is 0 Å². The van der Waals surface area contributed by atoms with Crippen LogP contribution >= 0.6 is 0 Å². The molecule has 106 valence electrons. The number of carbonyl (C=O) groups excluding carboxylic acids is 1. The van der Waals surface area contributed by atoms with Crippen molar-refractivity contribution in [3.63, 3.8) is 0 Å². The van der Waals surface area contributed by atoms with Crippen LogP contribution in [0.1, 0.15) is 31.2 Å². The average Bonchev–Trinajstić information content (AvgIpc) is 2.48. The fourth-order valence-electron chi connectivity index (χ4n) is 2.61. The summed E-state index contributed by atoms with van der Waals surface area (Å²) in [6.45, 7) is 0. The summed E-state index contributed by atoms with van der Waals surface area (Å²) >= 11 is 0. The molecule has 1 aromatic carbocycles. The van der Waals surface area contributed by atoms with E-state index in [9.17, 15) is 15.2 Å². The fourth-order valence-corrected chi connectivity index (χ4v) is 2.61. The van der Waals surface area contributed by atoms with Gasteiger partial charge in [0.2, 0.25) is 5.91 Å². The maximum absolute atomic E-state index is 12.1. The van der Waals surface area contributed by atoms with Gasteiger partial charge in [-0.3, -0.25) is 4.79 Å². The van der Waals surface area contributed by atoms with Gasteiger partial charge in [0.25, 0.3) is 0 Å². The highest BCUT2D eigenvalue weighted by molar-refractivity contribution is 5.81. The van der Waals surface area contributed by atoms with Gasteiger partial charge in [-0.15, -0.1) is 0 Å². The van der Waals surface area contributed by atoms with E-state index in [1.54, 1.807) is 0 Å². The van der Waals surface area contributed by atoms with E-state index < -0.39 is 12.0 Å². The van der Waals surface area contributed by atoms with Gasteiger partial charge in [0, 0.05) is 0 Å². The Morgan fingerprint density at radius 3 is 2.70 bits per heavy atom. The number of nitriles is 1. The molecule has 0 radical (unpaired) electrons. The molecule has 3 unspecified atom stereocenters. The van der Waals surface area contributed by atoms with Gasteiger partial charge in [-0.2, -0.15) is 5.26 Å². The molecule has 1 saturated carbocycles. The molecule has 0 aromatic heterocycles. The van der Waals surface area contributed by atoms with Crippen LogP contribution in [0.15, 0.2) is 30.3 Å². The molecule has 1 aromatic rings. The average molecular weight is 272 g/mol. The zero-order chi connectivity index (χ0) is 14.4. The third-order valence-corrected chi connectivity index (χ3v) is 3.81. The number of aliphatic hydroxyl groups is 1. The third-order valence-electron chi connectivity index (χ3n) is 3.81. The molecule has 3 atom stereocenters. The molecule has 2 rings (SSSR count). The SMILES string of the molecule is N#CC(Cc1ccccc1)C(=O)NC1CCCCC1O. The lowest BCUT2D eigenvalue weighted by atomic mass is 9.91. The lowest BCUT2D eigenvalue weighted by Gasteiger charge is -2.29. The Balaban J connectivity index is 1.94. The number of aliphatic hydroxyl groups excluding tert-OH is 1. The maximum Gasteiger partial charge on any atom is 0.238 e. The summed E-state index contributed by atoms with van der Waals surface area (Å²) in [4.78, 5) is 12.1. The summed E-state index contributed by atoms with van der Waals surface area (Å²) in [5.74, 6) is -0.978. The van der Waals surface area contributed by atoms with Crippen LogP contribution in [-0.4, -0.2) is 23.2 Å². The van der Waals surface area contributed by atoms with Crippen LogP contribution in [0.5, 0.6) is 0 Å². The molecular weight excluding hydrogens is 252 g/mol. The Hall–Kier alpha value is -1.86. The van der Waals surface area contributed by atoms with Crippen LogP contribution in [-0.2, 0) is 11.2 Å². The second kappa shape index (κ2) is 7.06. The zero-order valence-corrected chi connectivity index (χ0v) is 11.5. The van der Waals surface area contributed by atoms with E-state index in [0.717, 1.165) is 31.2 Å². The standard InChI is InChI=1S/C16H20N2O2/c17-11-13(10-12-6-2-1-3-7-12)16(20)18-14-8-4-5-9-15(14)19/h1-3,6-7,13-15,19H,4-5,8-10H2,(H,18,20). The van der Waals surface area contributed by atoms with Crippen molar-refractivity contribution in [1.82, 2.24) is 5.32 Å². The van der Waals surface area contributed by atoms with Gasteiger partial charge in [0.1, 0.15) is 5.92 Å². The predicted octanol–water partition coefficient (Wildman–Crippen LogP) is 1.79. The van der Waals surface area contributed by atoms with Crippen molar-refractivity contribution in [2.45, 2.75) is 44.2 Å². The molecule has 1 aliphatic carbocycles. The molecule has 0 spiro atoms. The van der Waals surface area contributed by atoms with Crippen molar-refractivity contribution in [1.29, 1.82) is 5.26 Å². The third kappa shape index (κ3) is 3.82. The minimum absolute atomic E-state index is 0.206. The molecule has 0 saturated heterocycles. The molecule has 1 amide bonds. The van der Waals surface area contributed by atoms with Gasteiger partial charge in [-0.05, 0) is 24.8 Å². The number of benzene rings is 1. The summed E-state index contributed by atoms with van der Waals surface area (Å²) < 4.78 is 0. The summed E-state index contributed by atoms with van der Waals surface area (Å²) in [6.07, 6.45) is 3.45. The molecule has 20 heavy (non-hydrogen) atoms. The Kier molecular flexibility index (Phi) is 5.14. The van der Waals surface area contributed by atoms with Crippen molar-refractivity contribution >= 4 is 5.91 Å². The van der Waals surface area contributed by atoms with E-state index in [1.165, 1.54) is 0 Å². The summed E-state index contributed by atoms with van der Waals surface area (Å²) in [7, 11) is 0. The molecule has 0 bridgehead atoms. The maximum atomic E-state index is 12.1. The Morgan fingerprint density at radius 2 is 2.05 bits per heavy atom. The number of nitrogens with zero attached hydrogens (tertiary/aromatic N) is 1. The summed E-state index contributed by atoms with van der Waals surface area (Å²) in [5.41, 5.74) is 0.971. The first kappa shape index (κ1) is 14.5. The van der Waals surface area contributed by atoms with Crippen LogP contribution in [0.2, 0.25) is 0 Å². The van der Waals surface area contributed by atoms with E-state index in [4.69, 9.17) is 0 Å². The minimum Gasteiger partial charge on any atom is -0.391 e. The Labute approximate surface area is 119 Å². The molecule has 0 aliphatic heterocycles. The highest BCUT2D eigenvalue weighted by Crippen LogP contribution is 2.19. The van der Waals surface area contributed by atoms with E-state index in [0.29, 0.717) is 6.42 Å². The largest absolute Gasteiger partial charge is 0.391 e. The quantitative estimate of drug-likeness (QED) is 0.877. The molecule has 4 nitrogen and oxygen atoms in total. The van der Waals surface area contributed by atoms with Gasteiger partial charge in [0.05, 0.1) is 18.2 Å². The van der Waals surface area contributed by atoms with Crippen molar-refractivity contribution in [2.24, 2.45) is 5.92 Å². The second-order valence-electron chi connectivity index (χ2n) is 5.34. The highest BCUT2D eigenvalue weighted by atomic mass is 16.3. The van der Waals surface area contributed by atoms with E-state index in [1.807, 2.05) is 30.3 Å². The number of nitrogens with one attached hydrogen (secondary N) is 1. The topological polar surface area (TPSA) is 73.1 Å². The van der Waals surface area contributed by atoms with Crippen LogP contribution in [0, 0.1) is 17.2 Å².